The van der Waals surface area contributed by atoms with Crippen molar-refractivity contribution < 1.29 is 27.8 Å². The fourth-order valence-electron chi connectivity index (χ4n) is 2.61. The van der Waals surface area contributed by atoms with Crippen molar-refractivity contribution in [3.63, 3.8) is 0 Å². The summed E-state index contributed by atoms with van der Waals surface area (Å²) in [4.78, 5) is 18.5. The number of nitrogens with zero attached hydrogens (tertiary/aromatic N) is 2. The molecule has 1 aromatic heterocycles. The Morgan fingerprint density at radius 1 is 1.18 bits per heavy atom. The maximum absolute atomic E-state index is 12.7. The first-order valence-corrected chi connectivity index (χ1v) is 8.88. The number of amides is 1. The fraction of sp³-hybridized carbons (Fsp3) is 0.368. The summed E-state index contributed by atoms with van der Waals surface area (Å²) in [7, 11) is 0. The summed E-state index contributed by atoms with van der Waals surface area (Å²) in [5.41, 5.74) is -0.546. The highest BCUT2D eigenvalue weighted by Crippen LogP contribution is 2.35. The lowest BCUT2D eigenvalue weighted by Crippen LogP contribution is -2.38. The van der Waals surface area contributed by atoms with E-state index in [4.69, 9.17) is 9.84 Å². The van der Waals surface area contributed by atoms with Gasteiger partial charge in [0.15, 0.2) is 11.6 Å². The Bertz CT molecular complexity index is 821. The number of carbonyl (C=O) groups is 1. The molecule has 1 aromatic carbocycles. The monoisotopic (exact) mass is 395 g/mol. The van der Waals surface area contributed by atoms with E-state index >= 15 is 0 Å². The molecule has 0 saturated carbocycles. The van der Waals surface area contributed by atoms with Gasteiger partial charge in [-0.15, -0.1) is 0 Å². The molecule has 0 unspecified atom stereocenters. The Labute approximate surface area is 159 Å². The summed E-state index contributed by atoms with van der Waals surface area (Å²) in [6.07, 6.45) is -2.98. The van der Waals surface area contributed by atoms with E-state index in [9.17, 15) is 18.0 Å². The largest absolute Gasteiger partial charge is 0.453 e. The standard InChI is InChI=1S/C19H20F3N3O3/c20-19(21,22)13-3-5-14(6-4-13)28-16-8-7-15(18(27)23-9-1-12-26)24-17(16)25-10-2-11-25/h3-8,26H,1-2,9-12H2,(H,23,27). The van der Waals surface area contributed by atoms with Crippen molar-refractivity contribution in [2.24, 2.45) is 0 Å². The number of benzene rings is 1. The molecule has 150 valence electrons. The Hall–Kier alpha value is -2.81. The molecule has 2 N–H and O–H groups in total. The van der Waals surface area contributed by atoms with Crippen LogP contribution >= 0.6 is 0 Å². The van der Waals surface area contributed by atoms with Crippen molar-refractivity contribution in [1.29, 1.82) is 0 Å². The average Bonchev–Trinajstić information content (AvgIpc) is 2.61. The molecule has 3 rings (SSSR count). The summed E-state index contributed by atoms with van der Waals surface area (Å²) in [5.74, 6) is 0.723. The summed E-state index contributed by atoms with van der Waals surface area (Å²) >= 11 is 0. The smallest absolute Gasteiger partial charge is 0.416 e. The second-order valence-corrected chi connectivity index (χ2v) is 6.32. The molecule has 1 aliphatic rings. The van der Waals surface area contributed by atoms with Crippen LogP contribution in [-0.4, -0.2) is 42.2 Å². The van der Waals surface area contributed by atoms with Crippen molar-refractivity contribution >= 4 is 11.7 Å². The molecule has 2 heterocycles. The molecular weight excluding hydrogens is 375 g/mol. The zero-order chi connectivity index (χ0) is 20.1. The molecule has 0 bridgehead atoms. The molecule has 0 radical (unpaired) electrons. The molecule has 9 heteroatoms. The van der Waals surface area contributed by atoms with E-state index in [1.165, 1.54) is 18.2 Å². The van der Waals surface area contributed by atoms with Crippen LogP contribution in [0.25, 0.3) is 0 Å². The van der Waals surface area contributed by atoms with Crippen LogP contribution in [0.5, 0.6) is 11.5 Å². The van der Waals surface area contributed by atoms with E-state index in [2.05, 4.69) is 10.3 Å². The number of halogens is 3. The minimum atomic E-state index is -4.41. The van der Waals surface area contributed by atoms with Crippen molar-refractivity contribution in [2.45, 2.75) is 19.0 Å². The third-order valence-electron chi connectivity index (χ3n) is 4.26. The number of aliphatic hydroxyl groups excluding tert-OH is 1. The number of hydrogen-bond acceptors (Lipinski definition) is 5. The van der Waals surface area contributed by atoms with Crippen molar-refractivity contribution in [2.75, 3.05) is 31.1 Å². The second-order valence-electron chi connectivity index (χ2n) is 6.32. The molecular formula is C19H20F3N3O3. The molecule has 1 fully saturated rings. The van der Waals surface area contributed by atoms with Gasteiger partial charge in [0, 0.05) is 26.2 Å². The number of anilines is 1. The van der Waals surface area contributed by atoms with Crippen LogP contribution in [0.4, 0.5) is 19.0 Å². The lowest BCUT2D eigenvalue weighted by Gasteiger charge is -2.33. The van der Waals surface area contributed by atoms with E-state index in [-0.39, 0.29) is 24.0 Å². The van der Waals surface area contributed by atoms with Crippen LogP contribution in [0, 0.1) is 0 Å². The number of alkyl halides is 3. The minimum absolute atomic E-state index is 0.0212. The highest BCUT2D eigenvalue weighted by atomic mass is 19.4. The third kappa shape index (κ3) is 4.72. The van der Waals surface area contributed by atoms with Crippen LogP contribution in [0.2, 0.25) is 0 Å². The number of nitrogens with one attached hydrogen (secondary N) is 1. The van der Waals surface area contributed by atoms with Gasteiger partial charge in [-0.3, -0.25) is 4.79 Å². The van der Waals surface area contributed by atoms with Crippen LogP contribution in [0.1, 0.15) is 28.9 Å². The number of hydrogen-bond donors (Lipinski definition) is 2. The fourth-order valence-corrected chi connectivity index (χ4v) is 2.61. The van der Waals surface area contributed by atoms with Crippen molar-refractivity contribution in [1.82, 2.24) is 10.3 Å². The van der Waals surface area contributed by atoms with Gasteiger partial charge in [0.1, 0.15) is 11.4 Å². The summed E-state index contributed by atoms with van der Waals surface area (Å²) < 4.78 is 43.8. The summed E-state index contributed by atoms with van der Waals surface area (Å²) in [6, 6.07) is 7.48. The number of pyridine rings is 1. The third-order valence-corrected chi connectivity index (χ3v) is 4.26. The first-order valence-electron chi connectivity index (χ1n) is 8.88. The molecule has 2 aromatic rings. The number of rotatable bonds is 7. The molecule has 0 spiro atoms. The Morgan fingerprint density at radius 2 is 1.89 bits per heavy atom. The molecule has 0 aliphatic carbocycles. The first kappa shape index (κ1) is 19.9. The van der Waals surface area contributed by atoms with Gasteiger partial charge in [-0.1, -0.05) is 0 Å². The predicted octanol–water partition coefficient (Wildman–Crippen LogP) is 3.22. The van der Waals surface area contributed by atoms with Crippen LogP contribution in [0.15, 0.2) is 36.4 Å². The Balaban J connectivity index is 1.79. The number of aliphatic hydroxyl groups is 1. The lowest BCUT2D eigenvalue weighted by molar-refractivity contribution is -0.137. The molecule has 1 saturated heterocycles. The van der Waals surface area contributed by atoms with Gasteiger partial charge in [-0.25, -0.2) is 4.98 Å². The quantitative estimate of drug-likeness (QED) is 0.705. The summed E-state index contributed by atoms with van der Waals surface area (Å²) in [6.45, 7) is 1.82. The zero-order valence-electron chi connectivity index (χ0n) is 15.0. The molecule has 0 atom stereocenters. The van der Waals surface area contributed by atoms with Gasteiger partial charge in [-0.2, -0.15) is 13.2 Å². The average molecular weight is 395 g/mol. The Morgan fingerprint density at radius 3 is 2.46 bits per heavy atom. The van der Waals surface area contributed by atoms with Gasteiger partial charge < -0.3 is 20.1 Å². The minimum Gasteiger partial charge on any atom is -0.453 e. The Kier molecular flexibility index (Phi) is 6.03. The number of ether oxygens (including phenoxy) is 1. The van der Waals surface area contributed by atoms with Gasteiger partial charge in [0.2, 0.25) is 0 Å². The van der Waals surface area contributed by atoms with E-state index in [1.54, 1.807) is 6.07 Å². The number of carbonyl (C=O) groups excluding carboxylic acids is 1. The second kappa shape index (κ2) is 8.47. The van der Waals surface area contributed by atoms with Gasteiger partial charge in [-0.05, 0) is 49.2 Å². The van der Waals surface area contributed by atoms with Crippen LogP contribution in [0.3, 0.4) is 0 Å². The van der Waals surface area contributed by atoms with Gasteiger partial charge in [0.25, 0.3) is 5.91 Å². The van der Waals surface area contributed by atoms with Crippen molar-refractivity contribution in [3.8, 4) is 11.5 Å². The SMILES string of the molecule is O=C(NCCCO)c1ccc(Oc2ccc(C(F)(F)F)cc2)c(N2CCC2)n1. The predicted molar refractivity (Wildman–Crippen MR) is 96.6 cm³/mol. The molecule has 6 nitrogen and oxygen atoms in total. The van der Waals surface area contributed by atoms with Gasteiger partial charge in [0.05, 0.1) is 5.56 Å². The topological polar surface area (TPSA) is 74.7 Å². The maximum Gasteiger partial charge on any atom is 0.416 e. The van der Waals surface area contributed by atoms with E-state index in [0.717, 1.165) is 31.6 Å². The molecule has 1 amide bonds. The normalized spacial score (nSPS) is 13.8. The van der Waals surface area contributed by atoms with E-state index in [1.807, 2.05) is 4.90 Å². The van der Waals surface area contributed by atoms with E-state index < -0.39 is 11.7 Å². The van der Waals surface area contributed by atoms with Crippen LogP contribution < -0.4 is 15.0 Å². The zero-order valence-corrected chi connectivity index (χ0v) is 15.0. The highest BCUT2D eigenvalue weighted by Gasteiger charge is 2.30. The first-order chi connectivity index (χ1) is 13.4. The molecule has 1 aliphatic heterocycles. The summed E-state index contributed by atoms with van der Waals surface area (Å²) in [5, 5.41) is 11.5. The number of aromatic nitrogens is 1. The van der Waals surface area contributed by atoms with Gasteiger partial charge >= 0.3 is 6.18 Å². The molecule has 28 heavy (non-hydrogen) atoms. The highest BCUT2D eigenvalue weighted by molar-refractivity contribution is 5.93. The van der Waals surface area contributed by atoms with Crippen molar-refractivity contribution in [3.05, 3.63) is 47.7 Å². The maximum atomic E-state index is 12.7. The lowest BCUT2D eigenvalue weighted by atomic mass is 10.2. The van der Waals surface area contributed by atoms with Crippen LogP contribution in [-0.2, 0) is 6.18 Å². The van der Waals surface area contributed by atoms with E-state index in [0.29, 0.717) is 24.5 Å².